The van der Waals surface area contributed by atoms with Crippen LogP contribution in [0.25, 0.3) is 11.4 Å². The minimum atomic E-state index is 0.845. The number of aromatic nitrogens is 5. The van der Waals surface area contributed by atoms with Gasteiger partial charge in [-0.1, -0.05) is 0 Å². The molecule has 2 aromatic heterocycles. The molecule has 0 fully saturated rings. The second kappa shape index (κ2) is 3.09. The van der Waals surface area contributed by atoms with Crippen LogP contribution in [0.2, 0.25) is 0 Å². The Bertz CT molecular complexity index is 430. The molecule has 0 aromatic carbocycles. The zero-order valence-corrected chi connectivity index (χ0v) is 9.43. The first-order valence-corrected chi connectivity index (χ1v) is 4.80. The van der Waals surface area contributed by atoms with Gasteiger partial charge in [0, 0.05) is 14.1 Å². The van der Waals surface area contributed by atoms with Crippen LogP contribution in [0.1, 0.15) is 0 Å². The Balaban J connectivity index is 2.59. The zero-order valence-electron chi connectivity index (χ0n) is 7.27. The summed E-state index contributed by atoms with van der Waals surface area (Å²) >= 11 is 2.24. The quantitative estimate of drug-likeness (QED) is 0.730. The van der Waals surface area contributed by atoms with E-state index in [1.165, 1.54) is 0 Å². The third-order valence-corrected chi connectivity index (χ3v) is 3.10. The van der Waals surface area contributed by atoms with Gasteiger partial charge in [-0.25, -0.2) is 0 Å². The molecule has 0 amide bonds. The number of hydrogen-bond donors (Lipinski definition) is 0. The van der Waals surface area contributed by atoms with Gasteiger partial charge in [0.25, 0.3) is 0 Å². The molecule has 13 heavy (non-hydrogen) atoms. The van der Waals surface area contributed by atoms with Crippen LogP contribution in [0.5, 0.6) is 0 Å². The van der Waals surface area contributed by atoms with Crippen molar-refractivity contribution in [2.24, 2.45) is 14.1 Å². The zero-order chi connectivity index (χ0) is 9.42. The van der Waals surface area contributed by atoms with Gasteiger partial charge in [-0.15, -0.1) is 10.2 Å². The van der Waals surface area contributed by atoms with Crippen LogP contribution < -0.4 is 0 Å². The maximum absolute atomic E-state index is 4.14. The monoisotopic (exact) mass is 289 g/mol. The molecule has 6 heteroatoms. The predicted molar refractivity (Wildman–Crippen MR) is 55.9 cm³/mol. The van der Waals surface area contributed by atoms with Crippen LogP contribution in [0, 0.1) is 3.70 Å². The first-order chi connectivity index (χ1) is 6.20. The van der Waals surface area contributed by atoms with Crippen molar-refractivity contribution in [1.29, 1.82) is 0 Å². The molecule has 68 valence electrons. The molecule has 0 aliphatic carbocycles. The highest BCUT2D eigenvalue weighted by molar-refractivity contribution is 14.1. The van der Waals surface area contributed by atoms with Crippen molar-refractivity contribution in [1.82, 2.24) is 24.5 Å². The minimum Gasteiger partial charge on any atom is -0.317 e. The molecule has 0 aliphatic heterocycles. The van der Waals surface area contributed by atoms with Crippen LogP contribution in [-0.4, -0.2) is 24.5 Å². The van der Waals surface area contributed by atoms with Gasteiger partial charge in [0.2, 0.25) is 0 Å². The maximum atomic E-state index is 4.14. The second-order valence-corrected chi connectivity index (χ2v) is 3.76. The highest BCUT2D eigenvalue weighted by atomic mass is 127. The third kappa shape index (κ3) is 1.34. The summed E-state index contributed by atoms with van der Waals surface area (Å²) in [6.45, 7) is 0. The van der Waals surface area contributed by atoms with Crippen molar-refractivity contribution in [3.8, 4) is 11.4 Å². The van der Waals surface area contributed by atoms with E-state index in [0.717, 1.165) is 15.1 Å². The van der Waals surface area contributed by atoms with Crippen molar-refractivity contribution in [3.63, 3.8) is 0 Å². The van der Waals surface area contributed by atoms with Crippen molar-refractivity contribution < 1.29 is 0 Å². The molecule has 2 heterocycles. The molecule has 0 atom stereocenters. The molecule has 0 N–H and O–H groups in total. The average molecular weight is 289 g/mol. The van der Waals surface area contributed by atoms with Crippen LogP contribution >= 0.6 is 22.6 Å². The van der Waals surface area contributed by atoms with E-state index in [0.29, 0.717) is 0 Å². The Labute approximate surface area is 88.9 Å². The van der Waals surface area contributed by atoms with E-state index in [4.69, 9.17) is 0 Å². The summed E-state index contributed by atoms with van der Waals surface area (Å²) in [6, 6.07) is 0. The molecule has 0 spiro atoms. The third-order valence-electron chi connectivity index (χ3n) is 1.82. The molecule has 0 aliphatic rings. The highest BCUT2D eigenvalue weighted by Gasteiger charge is 2.11. The Morgan fingerprint density at radius 3 is 2.62 bits per heavy atom. The first-order valence-electron chi connectivity index (χ1n) is 3.72. The Kier molecular flexibility index (Phi) is 2.06. The minimum absolute atomic E-state index is 0.845. The number of rotatable bonds is 1. The summed E-state index contributed by atoms with van der Waals surface area (Å²) in [5, 5.41) is 12.0. The summed E-state index contributed by atoms with van der Waals surface area (Å²) in [4.78, 5) is 0. The van der Waals surface area contributed by atoms with Crippen molar-refractivity contribution in [3.05, 3.63) is 16.2 Å². The SMILES string of the molecule is Cn1cnnc1-c1cnn(C)c1I. The van der Waals surface area contributed by atoms with Crippen LogP contribution in [0.4, 0.5) is 0 Å². The van der Waals surface area contributed by atoms with Gasteiger partial charge >= 0.3 is 0 Å². The van der Waals surface area contributed by atoms with E-state index in [2.05, 4.69) is 37.9 Å². The van der Waals surface area contributed by atoms with Gasteiger partial charge in [0.1, 0.15) is 10.0 Å². The highest BCUT2D eigenvalue weighted by Crippen LogP contribution is 2.21. The predicted octanol–water partition coefficient (Wildman–Crippen LogP) is 0.820. The summed E-state index contributed by atoms with van der Waals surface area (Å²) in [6.07, 6.45) is 3.48. The van der Waals surface area contributed by atoms with Gasteiger partial charge in [-0.2, -0.15) is 5.10 Å². The van der Waals surface area contributed by atoms with Crippen molar-refractivity contribution in [2.75, 3.05) is 0 Å². The van der Waals surface area contributed by atoms with Crippen molar-refractivity contribution >= 4 is 22.6 Å². The van der Waals surface area contributed by atoms with E-state index >= 15 is 0 Å². The number of hydrogen-bond acceptors (Lipinski definition) is 3. The van der Waals surface area contributed by atoms with E-state index in [1.807, 2.05) is 23.3 Å². The van der Waals surface area contributed by atoms with Crippen molar-refractivity contribution in [2.45, 2.75) is 0 Å². The molecule has 0 saturated carbocycles. The number of aryl methyl sites for hydroxylation is 2. The summed E-state index contributed by atoms with van der Waals surface area (Å²) in [7, 11) is 3.82. The maximum Gasteiger partial charge on any atom is 0.167 e. The first kappa shape index (κ1) is 8.67. The molecule has 0 bridgehead atoms. The molecule has 0 unspecified atom stereocenters. The molecule has 5 nitrogen and oxygen atoms in total. The van der Waals surface area contributed by atoms with E-state index in [1.54, 1.807) is 12.5 Å². The molecule has 0 radical (unpaired) electrons. The number of nitrogens with zero attached hydrogens (tertiary/aromatic N) is 5. The van der Waals surface area contributed by atoms with Crippen LogP contribution in [-0.2, 0) is 14.1 Å². The lowest BCUT2D eigenvalue weighted by atomic mass is 10.3. The lowest BCUT2D eigenvalue weighted by Gasteiger charge is -1.97. The Morgan fingerprint density at radius 2 is 2.15 bits per heavy atom. The largest absolute Gasteiger partial charge is 0.317 e. The molecular formula is C7H8IN5. The molecule has 2 aromatic rings. The van der Waals surface area contributed by atoms with Crippen LogP contribution in [0.3, 0.4) is 0 Å². The van der Waals surface area contributed by atoms with Crippen LogP contribution in [0.15, 0.2) is 12.5 Å². The normalized spacial score (nSPS) is 10.7. The average Bonchev–Trinajstić information content (AvgIpc) is 2.62. The van der Waals surface area contributed by atoms with Gasteiger partial charge in [-0.3, -0.25) is 4.68 Å². The second-order valence-electron chi connectivity index (χ2n) is 2.74. The van der Waals surface area contributed by atoms with Gasteiger partial charge < -0.3 is 4.57 Å². The van der Waals surface area contributed by atoms with E-state index in [-0.39, 0.29) is 0 Å². The lowest BCUT2D eigenvalue weighted by molar-refractivity contribution is 0.747. The Morgan fingerprint density at radius 1 is 1.38 bits per heavy atom. The van der Waals surface area contributed by atoms with E-state index < -0.39 is 0 Å². The molecular weight excluding hydrogens is 281 g/mol. The van der Waals surface area contributed by atoms with Gasteiger partial charge in [-0.05, 0) is 22.6 Å². The molecule has 0 saturated heterocycles. The summed E-state index contributed by atoms with van der Waals surface area (Å²) in [5.74, 6) is 0.845. The van der Waals surface area contributed by atoms with Gasteiger partial charge in [0.15, 0.2) is 5.82 Å². The van der Waals surface area contributed by atoms with E-state index in [9.17, 15) is 0 Å². The van der Waals surface area contributed by atoms with Gasteiger partial charge in [0.05, 0.1) is 11.8 Å². The fourth-order valence-electron chi connectivity index (χ4n) is 1.10. The number of halogens is 1. The topological polar surface area (TPSA) is 48.5 Å². The summed E-state index contributed by atoms with van der Waals surface area (Å²) < 4.78 is 4.75. The smallest absolute Gasteiger partial charge is 0.167 e. The lowest BCUT2D eigenvalue weighted by Crippen LogP contribution is -1.95. The standard InChI is InChI=1S/C7H8IN5/c1-12-4-9-11-7(12)5-3-10-13(2)6(5)8/h3-4H,1-2H3. The summed E-state index contributed by atoms with van der Waals surface area (Å²) in [5.41, 5.74) is 1.02. The fourth-order valence-corrected chi connectivity index (χ4v) is 1.60. The fraction of sp³-hybridized carbons (Fsp3) is 0.286. The Hall–Kier alpha value is -0.920. The molecule has 2 rings (SSSR count).